The molecule has 2 nitrogen and oxygen atoms in total. The second kappa shape index (κ2) is 9.57. The van der Waals surface area contributed by atoms with Crippen molar-refractivity contribution in [2.45, 2.75) is 13.8 Å². The van der Waals surface area contributed by atoms with Crippen LogP contribution in [-0.2, 0) is 0 Å². The minimum Gasteiger partial charge on any atom is -0.306 e. The highest BCUT2D eigenvalue weighted by Gasteiger charge is 2.26. The lowest BCUT2D eigenvalue weighted by Crippen LogP contribution is -1.93. The zero-order valence-electron chi connectivity index (χ0n) is 26.4. The molecule has 11 rings (SSSR count). The van der Waals surface area contributed by atoms with E-state index in [0.29, 0.717) is 0 Å². The fourth-order valence-corrected chi connectivity index (χ4v) is 11.0. The smallest absolute Gasteiger partial charge is 0.0736 e. The molecule has 226 valence electrons. The van der Waals surface area contributed by atoms with Crippen molar-refractivity contribution in [3.05, 3.63) is 145 Å². The third-order valence-corrected chi connectivity index (χ3v) is 12.9. The van der Waals surface area contributed by atoms with Crippen LogP contribution in [0.25, 0.3) is 95.7 Å². The van der Waals surface area contributed by atoms with E-state index < -0.39 is 0 Å². The molecule has 0 spiro atoms. The lowest BCUT2D eigenvalue weighted by atomic mass is 10.0. The molecule has 0 saturated carbocycles. The van der Waals surface area contributed by atoms with Gasteiger partial charge >= 0.3 is 0 Å². The first kappa shape index (κ1) is 26.6. The van der Waals surface area contributed by atoms with E-state index in [1.807, 2.05) is 22.7 Å². The van der Waals surface area contributed by atoms with Crippen LogP contribution in [0.3, 0.4) is 0 Å². The van der Waals surface area contributed by atoms with Gasteiger partial charge < -0.3 is 8.80 Å². The first-order valence-corrected chi connectivity index (χ1v) is 18.1. The molecule has 4 heterocycles. The first-order chi connectivity index (χ1) is 23.7. The van der Waals surface area contributed by atoms with E-state index in [9.17, 15) is 0 Å². The predicted octanol–water partition coefficient (Wildman–Crippen LogP) is 13.2. The zero-order valence-corrected chi connectivity index (χ0v) is 28.0. The van der Waals surface area contributed by atoms with Gasteiger partial charge in [-0.25, -0.2) is 0 Å². The number of benzene rings is 7. The summed E-state index contributed by atoms with van der Waals surface area (Å²) in [5, 5.41) is 5.32. The molecule has 4 aromatic heterocycles. The maximum atomic E-state index is 2.57. The second-order valence-corrected chi connectivity index (χ2v) is 15.0. The molecule has 0 amide bonds. The van der Waals surface area contributed by atoms with E-state index in [1.54, 1.807) is 0 Å². The average molecular weight is 649 g/mol. The number of aromatic nitrogens is 2. The maximum Gasteiger partial charge on any atom is 0.0736 e. The quantitative estimate of drug-likeness (QED) is 0.165. The van der Waals surface area contributed by atoms with Crippen LogP contribution >= 0.6 is 22.7 Å². The van der Waals surface area contributed by atoms with Gasteiger partial charge in [-0.2, -0.15) is 0 Å². The van der Waals surface area contributed by atoms with Gasteiger partial charge in [0.15, 0.2) is 0 Å². The normalized spacial score (nSPS) is 12.4. The van der Waals surface area contributed by atoms with Crippen molar-refractivity contribution >= 4 is 96.1 Å². The highest BCUT2D eigenvalue weighted by Crippen LogP contribution is 2.52. The summed E-state index contributed by atoms with van der Waals surface area (Å²) in [6.07, 6.45) is 0. The Morgan fingerprint density at radius 1 is 0.354 bits per heavy atom. The summed E-state index contributed by atoms with van der Waals surface area (Å²) in [6, 6.07) is 49.4. The largest absolute Gasteiger partial charge is 0.306 e. The average Bonchev–Trinajstić information content (AvgIpc) is 3.66. The Balaban J connectivity index is 1.46. The number of hydrogen-bond acceptors (Lipinski definition) is 2. The fourth-order valence-electron chi connectivity index (χ4n) is 8.30. The Labute approximate surface area is 284 Å². The summed E-state index contributed by atoms with van der Waals surface area (Å²) in [7, 11) is 0. The summed E-state index contributed by atoms with van der Waals surface area (Å²) in [4.78, 5) is 0. The third kappa shape index (κ3) is 3.31. The molecule has 0 atom stereocenters. The van der Waals surface area contributed by atoms with E-state index >= 15 is 0 Å². The van der Waals surface area contributed by atoms with Crippen molar-refractivity contribution in [2.75, 3.05) is 0 Å². The lowest BCUT2D eigenvalue weighted by Gasteiger charge is -2.15. The fraction of sp³-hybridized carbons (Fsp3) is 0.0455. The van der Waals surface area contributed by atoms with Gasteiger partial charge in [0.2, 0.25) is 0 Å². The predicted molar refractivity (Wildman–Crippen MR) is 209 cm³/mol. The molecule has 0 aliphatic rings. The lowest BCUT2D eigenvalue weighted by molar-refractivity contribution is 1.35. The summed E-state index contributed by atoms with van der Waals surface area (Å²) in [5.41, 5.74) is 15.5. The van der Waals surface area contributed by atoms with Crippen LogP contribution in [0.2, 0.25) is 0 Å². The van der Waals surface area contributed by atoms with Crippen molar-refractivity contribution in [1.82, 2.24) is 8.80 Å². The standard InChI is InChI=1S/C44H28N2S2/c1-25-13-3-5-15-27(25)29-19-11-23-35-41(29)47-43-37-32-18-8-10-22-34(32)46-36-24-12-20-30(28-16-6-4-14-26(28)2)42(36)48-44(40(37)46)38-31-17-7-9-21-33(31)45(35)39(38)43/h3-24H,1-2H3. The number of nitrogens with zero attached hydrogens (tertiary/aromatic N) is 2. The van der Waals surface area contributed by atoms with Crippen molar-refractivity contribution in [3.63, 3.8) is 0 Å². The molecule has 0 radical (unpaired) electrons. The number of rotatable bonds is 2. The molecule has 0 aliphatic heterocycles. The molecular weight excluding hydrogens is 621 g/mol. The third-order valence-electron chi connectivity index (χ3n) is 10.4. The Hall–Kier alpha value is -5.42. The number of hydrogen-bond donors (Lipinski definition) is 0. The number of fused-ring (bicyclic) bond motifs is 12. The van der Waals surface area contributed by atoms with Crippen LogP contribution in [0.4, 0.5) is 0 Å². The molecule has 0 aliphatic carbocycles. The van der Waals surface area contributed by atoms with Crippen molar-refractivity contribution < 1.29 is 0 Å². The second-order valence-electron chi connectivity index (χ2n) is 13.0. The Kier molecular flexibility index (Phi) is 5.31. The van der Waals surface area contributed by atoms with Gasteiger partial charge in [0.05, 0.1) is 51.9 Å². The van der Waals surface area contributed by atoms with Gasteiger partial charge in [-0.1, -0.05) is 109 Å². The monoisotopic (exact) mass is 648 g/mol. The Morgan fingerprint density at radius 2 is 0.729 bits per heavy atom. The molecule has 7 aromatic carbocycles. The molecule has 11 aromatic rings. The van der Waals surface area contributed by atoms with Crippen molar-refractivity contribution in [3.8, 4) is 22.3 Å². The molecule has 0 fully saturated rings. The summed E-state index contributed by atoms with van der Waals surface area (Å²) in [5.74, 6) is 0. The Morgan fingerprint density at radius 3 is 1.19 bits per heavy atom. The summed E-state index contributed by atoms with van der Waals surface area (Å²) >= 11 is 3.92. The number of aryl methyl sites for hydroxylation is 2. The molecule has 48 heavy (non-hydrogen) atoms. The molecule has 0 saturated heterocycles. The van der Waals surface area contributed by atoms with E-state index in [1.165, 1.54) is 107 Å². The van der Waals surface area contributed by atoms with E-state index in [4.69, 9.17) is 0 Å². The number of para-hydroxylation sites is 2. The van der Waals surface area contributed by atoms with Gasteiger partial charge in [0.25, 0.3) is 0 Å². The SMILES string of the molecule is Cc1ccccc1-c1cccc2c1sc1c3c4ccccc4n4c5cccc(-c6ccccc6C)c5sc(c5c6ccccc6n2c15)c34. The van der Waals surface area contributed by atoms with E-state index in [-0.39, 0.29) is 0 Å². The van der Waals surface area contributed by atoms with E-state index in [2.05, 4.69) is 156 Å². The van der Waals surface area contributed by atoms with Crippen LogP contribution in [0.1, 0.15) is 11.1 Å². The topological polar surface area (TPSA) is 8.82 Å². The van der Waals surface area contributed by atoms with Crippen molar-refractivity contribution in [2.24, 2.45) is 0 Å². The first-order valence-electron chi connectivity index (χ1n) is 16.5. The van der Waals surface area contributed by atoms with Crippen LogP contribution in [0.5, 0.6) is 0 Å². The van der Waals surface area contributed by atoms with E-state index in [0.717, 1.165) is 0 Å². The minimum atomic E-state index is 1.26. The van der Waals surface area contributed by atoms with Crippen LogP contribution in [0.15, 0.2) is 133 Å². The van der Waals surface area contributed by atoms with Gasteiger partial charge in [0.1, 0.15) is 0 Å². The van der Waals surface area contributed by atoms with Gasteiger partial charge in [0, 0.05) is 32.7 Å². The van der Waals surface area contributed by atoms with Crippen LogP contribution < -0.4 is 0 Å². The highest BCUT2D eigenvalue weighted by atomic mass is 32.1. The Bertz CT molecular complexity index is 2930. The molecule has 4 heteroatoms. The summed E-state index contributed by atoms with van der Waals surface area (Å²) in [6.45, 7) is 4.45. The molecule has 0 unspecified atom stereocenters. The van der Waals surface area contributed by atoms with Gasteiger partial charge in [-0.05, 0) is 60.4 Å². The highest BCUT2D eigenvalue weighted by molar-refractivity contribution is 7.28. The maximum absolute atomic E-state index is 2.57. The van der Waals surface area contributed by atoms with Crippen LogP contribution in [0, 0.1) is 13.8 Å². The zero-order chi connectivity index (χ0) is 31.7. The minimum absolute atomic E-state index is 1.26. The van der Waals surface area contributed by atoms with Crippen LogP contribution in [-0.4, -0.2) is 8.80 Å². The van der Waals surface area contributed by atoms with Crippen molar-refractivity contribution in [1.29, 1.82) is 0 Å². The van der Waals surface area contributed by atoms with Gasteiger partial charge in [-0.3, -0.25) is 0 Å². The molecule has 0 bridgehead atoms. The summed E-state index contributed by atoms with van der Waals surface area (Å²) < 4.78 is 10.5. The molecule has 0 N–H and O–H groups in total. The van der Waals surface area contributed by atoms with Gasteiger partial charge in [-0.15, -0.1) is 22.7 Å². The molecular formula is C44H28N2S2.